The number of carbonyl (C=O) groups is 3. The molecule has 0 aliphatic carbocycles. The van der Waals surface area contributed by atoms with Gasteiger partial charge in [0.1, 0.15) is 13.2 Å². The minimum atomic E-state index is -0.667. The minimum absolute atomic E-state index is 0.0954. The van der Waals surface area contributed by atoms with Crippen LogP contribution in [0.3, 0.4) is 0 Å². The third kappa shape index (κ3) is 4.50. The van der Waals surface area contributed by atoms with Crippen LogP contribution in [0.25, 0.3) is 6.08 Å². The number of nitrogens with zero attached hydrogens (tertiary/aromatic N) is 1. The van der Waals surface area contributed by atoms with Crippen LogP contribution in [-0.4, -0.2) is 49.4 Å². The quantitative estimate of drug-likeness (QED) is 0.264. The monoisotopic (exact) mass is 487 g/mol. The van der Waals surface area contributed by atoms with E-state index >= 15 is 0 Å². The van der Waals surface area contributed by atoms with Gasteiger partial charge in [0.2, 0.25) is 0 Å². The van der Waals surface area contributed by atoms with Gasteiger partial charge in [0.15, 0.2) is 11.5 Å². The van der Waals surface area contributed by atoms with Gasteiger partial charge in [-0.1, -0.05) is 5.92 Å². The van der Waals surface area contributed by atoms with E-state index in [1.807, 2.05) is 0 Å². The molecule has 0 N–H and O–H groups in total. The molecule has 26 heavy (non-hydrogen) atoms. The van der Waals surface area contributed by atoms with Crippen LogP contribution in [0.2, 0.25) is 0 Å². The summed E-state index contributed by atoms with van der Waals surface area (Å²) >= 11 is 2.82. The smallest absolute Gasteiger partial charge is 0.325 e. The highest BCUT2D eigenvalue weighted by molar-refractivity contribution is 14.1. The average molecular weight is 487 g/mol. The number of benzene rings is 1. The summed E-state index contributed by atoms with van der Waals surface area (Å²) in [7, 11) is 2.68. The summed E-state index contributed by atoms with van der Waals surface area (Å²) in [6.45, 7) is -0.323. The van der Waals surface area contributed by atoms with Crippen LogP contribution in [0.4, 0.5) is 4.79 Å². The van der Waals surface area contributed by atoms with Crippen molar-refractivity contribution in [1.82, 2.24) is 4.90 Å². The number of hydrogen-bond donors (Lipinski definition) is 0. The number of amides is 2. The Morgan fingerprint density at radius 1 is 1.38 bits per heavy atom. The molecule has 1 aromatic carbocycles. The maximum Gasteiger partial charge on any atom is 0.325 e. The topological polar surface area (TPSA) is 82.1 Å². The highest BCUT2D eigenvalue weighted by Gasteiger charge is 2.36. The Morgan fingerprint density at radius 2 is 2.12 bits per heavy atom. The van der Waals surface area contributed by atoms with Gasteiger partial charge in [-0.25, -0.2) is 0 Å². The molecule has 2 rings (SSSR count). The van der Waals surface area contributed by atoms with Gasteiger partial charge in [0, 0.05) is 0 Å². The molecular weight excluding hydrogens is 473 g/mol. The summed E-state index contributed by atoms with van der Waals surface area (Å²) < 4.78 is 16.0. The molecule has 7 nitrogen and oxygen atoms in total. The zero-order valence-electron chi connectivity index (χ0n) is 13.9. The van der Waals surface area contributed by atoms with E-state index in [-0.39, 0.29) is 11.5 Å². The molecule has 1 fully saturated rings. The number of imide groups is 1. The van der Waals surface area contributed by atoms with Gasteiger partial charge in [-0.15, -0.1) is 6.42 Å². The average Bonchev–Trinajstić information content (AvgIpc) is 2.87. The molecule has 0 atom stereocenters. The van der Waals surface area contributed by atoms with Crippen molar-refractivity contribution >= 4 is 57.5 Å². The Balaban J connectivity index is 2.31. The highest BCUT2D eigenvalue weighted by atomic mass is 127. The molecule has 1 saturated heterocycles. The van der Waals surface area contributed by atoms with Gasteiger partial charge < -0.3 is 14.2 Å². The van der Waals surface area contributed by atoms with Crippen LogP contribution in [0.15, 0.2) is 17.0 Å². The second kappa shape index (κ2) is 8.95. The predicted octanol–water partition coefficient (Wildman–Crippen LogP) is 2.52. The number of hydrogen-bond acceptors (Lipinski definition) is 7. The maximum atomic E-state index is 12.3. The molecular formula is C17H14INO6S. The van der Waals surface area contributed by atoms with E-state index in [4.69, 9.17) is 15.9 Å². The van der Waals surface area contributed by atoms with E-state index in [0.29, 0.717) is 17.1 Å². The molecule has 1 aliphatic heterocycles. The lowest BCUT2D eigenvalue weighted by Gasteiger charge is -2.12. The van der Waals surface area contributed by atoms with Crippen molar-refractivity contribution in [3.8, 4) is 23.8 Å². The summed E-state index contributed by atoms with van der Waals surface area (Å²) in [5, 5.41) is -0.526. The minimum Gasteiger partial charge on any atom is -0.493 e. The first kappa shape index (κ1) is 20.1. The van der Waals surface area contributed by atoms with E-state index in [9.17, 15) is 14.4 Å². The molecule has 0 bridgehead atoms. The largest absolute Gasteiger partial charge is 0.493 e. The van der Waals surface area contributed by atoms with Crippen LogP contribution in [0, 0.1) is 15.9 Å². The first-order valence-corrected chi connectivity index (χ1v) is 9.06. The van der Waals surface area contributed by atoms with E-state index < -0.39 is 23.7 Å². The van der Waals surface area contributed by atoms with Crippen LogP contribution in [0.5, 0.6) is 11.5 Å². The van der Waals surface area contributed by atoms with Gasteiger partial charge in [-0.3, -0.25) is 19.3 Å². The summed E-state index contributed by atoms with van der Waals surface area (Å²) in [4.78, 5) is 36.7. The fraction of sp³-hybridized carbons (Fsp3) is 0.235. The Labute approximate surface area is 168 Å². The molecule has 2 amide bonds. The van der Waals surface area contributed by atoms with Gasteiger partial charge in [-0.2, -0.15) is 0 Å². The third-order valence-corrected chi connectivity index (χ3v) is 4.95. The lowest BCUT2D eigenvalue weighted by Crippen LogP contribution is -2.34. The highest BCUT2D eigenvalue weighted by Crippen LogP contribution is 2.37. The van der Waals surface area contributed by atoms with E-state index in [0.717, 1.165) is 20.2 Å². The number of methoxy groups -OCH3 is 2. The van der Waals surface area contributed by atoms with Crippen molar-refractivity contribution in [2.45, 2.75) is 0 Å². The van der Waals surface area contributed by atoms with E-state index in [2.05, 4.69) is 33.2 Å². The lowest BCUT2D eigenvalue weighted by molar-refractivity contribution is -0.143. The van der Waals surface area contributed by atoms with Crippen molar-refractivity contribution in [2.24, 2.45) is 0 Å². The number of ether oxygens (including phenoxy) is 3. The molecule has 0 spiro atoms. The van der Waals surface area contributed by atoms with Gasteiger partial charge >= 0.3 is 5.97 Å². The Hall–Kier alpha value is -2.19. The predicted molar refractivity (Wildman–Crippen MR) is 105 cm³/mol. The van der Waals surface area contributed by atoms with Crippen molar-refractivity contribution < 1.29 is 28.6 Å². The Morgan fingerprint density at radius 3 is 2.73 bits per heavy atom. The molecule has 0 radical (unpaired) electrons. The standard InChI is InChI=1S/C17H14INO6S/c1-4-5-25-15-11(18)6-10(7-12(15)23-2)8-13-16(21)19(17(22)26-13)9-14(20)24-3/h1,6-8H,5,9H2,2-3H3/b13-8+. The first-order valence-electron chi connectivity index (χ1n) is 7.17. The van der Waals surface area contributed by atoms with Crippen LogP contribution < -0.4 is 9.47 Å². The number of esters is 1. The molecule has 0 aromatic heterocycles. The second-order valence-corrected chi connectivity index (χ2v) is 7.03. The molecule has 0 saturated carbocycles. The van der Waals surface area contributed by atoms with Crippen LogP contribution in [0.1, 0.15) is 5.56 Å². The third-order valence-electron chi connectivity index (χ3n) is 3.24. The molecule has 9 heteroatoms. The Kier molecular flexibility index (Phi) is 6.93. The summed E-state index contributed by atoms with van der Waals surface area (Å²) in [5.74, 6) is 2.12. The number of halogens is 1. The van der Waals surface area contributed by atoms with Crippen molar-refractivity contribution in [3.05, 3.63) is 26.2 Å². The summed E-state index contributed by atoms with van der Waals surface area (Å²) in [5.41, 5.74) is 0.642. The van der Waals surface area contributed by atoms with Crippen LogP contribution >= 0.6 is 34.4 Å². The number of rotatable bonds is 6. The van der Waals surface area contributed by atoms with Crippen LogP contribution in [-0.2, 0) is 14.3 Å². The Bertz CT molecular complexity index is 829. The van der Waals surface area contributed by atoms with Crippen molar-refractivity contribution in [3.63, 3.8) is 0 Å². The summed E-state index contributed by atoms with van der Waals surface area (Å²) in [6.07, 6.45) is 6.76. The normalized spacial score (nSPS) is 15.2. The fourth-order valence-electron chi connectivity index (χ4n) is 2.06. The molecule has 1 aromatic rings. The second-order valence-electron chi connectivity index (χ2n) is 4.87. The van der Waals surface area contributed by atoms with E-state index in [1.54, 1.807) is 18.2 Å². The van der Waals surface area contributed by atoms with E-state index in [1.165, 1.54) is 14.2 Å². The number of thioether (sulfide) groups is 1. The SMILES string of the molecule is C#CCOc1c(I)cc(/C=C2/SC(=O)N(CC(=O)OC)C2=O)cc1OC. The molecule has 136 valence electrons. The first-order chi connectivity index (χ1) is 12.4. The van der Waals surface area contributed by atoms with Gasteiger partial charge in [-0.05, 0) is 58.1 Å². The number of carbonyl (C=O) groups excluding carboxylic acids is 3. The molecule has 0 unspecified atom stereocenters. The number of terminal acetylenes is 1. The van der Waals surface area contributed by atoms with Crippen molar-refractivity contribution in [1.29, 1.82) is 0 Å². The molecule has 1 aliphatic rings. The zero-order chi connectivity index (χ0) is 19.3. The zero-order valence-corrected chi connectivity index (χ0v) is 16.9. The van der Waals surface area contributed by atoms with Gasteiger partial charge in [0.25, 0.3) is 11.1 Å². The summed E-state index contributed by atoms with van der Waals surface area (Å²) in [6, 6.07) is 3.44. The lowest BCUT2D eigenvalue weighted by atomic mass is 10.2. The molecule has 1 heterocycles. The fourth-order valence-corrected chi connectivity index (χ4v) is 3.68. The maximum absolute atomic E-state index is 12.3. The van der Waals surface area contributed by atoms with Gasteiger partial charge in [0.05, 0.1) is 22.7 Å². The van der Waals surface area contributed by atoms with Crippen molar-refractivity contribution in [2.75, 3.05) is 27.4 Å².